The van der Waals surface area contributed by atoms with Gasteiger partial charge in [-0.05, 0) is 74.4 Å². The standard InChI is InChI=1S/C28H36N2S/c1-9-26(17-23(7)30-22(6)16-25-13-10-20(4)11-14-25)27-15-12-21(5)28(18-27)31-24(8)29-19(2)3/h9-10,12-15,17-18,20,29-30H,2,6,8,11,16H2,1,3-5,7H3/b23-17+,26-9+. The molecule has 0 aromatic heterocycles. The van der Waals surface area contributed by atoms with Crippen molar-refractivity contribution in [2.45, 2.75) is 52.4 Å². The summed E-state index contributed by atoms with van der Waals surface area (Å²) in [6.07, 6.45) is 13.1. The fraction of sp³-hybridized carbons (Fsp3) is 0.286. The molecular weight excluding hydrogens is 396 g/mol. The van der Waals surface area contributed by atoms with E-state index >= 15 is 0 Å². The number of hydrogen-bond donors (Lipinski definition) is 2. The van der Waals surface area contributed by atoms with Crippen molar-refractivity contribution in [2.75, 3.05) is 0 Å². The van der Waals surface area contributed by atoms with Gasteiger partial charge in [-0.3, -0.25) is 0 Å². The first-order valence-electron chi connectivity index (χ1n) is 10.7. The molecule has 1 aromatic rings. The lowest BCUT2D eigenvalue weighted by Crippen LogP contribution is -2.11. The zero-order chi connectivity index (χ0) is 23.0. The normalized spacial score (nSPS) is 16.5. The molecule has 2 N–H and O–H groups in total. The van der Waals surface area contributed by atoms with Crippen LogP contribution in [0.15, 0.2) is 101 Å². The SMILES string of the molecule is C=C(C)NC(=C)Sc1cc(C(/C=C(\C)NC(=C)CC2=CCC(C)C=C2)=C/C)ccc1C. The van der Waals surface area contributed by atoms with Crippen LogP contribution in [0.5, 0.6) is 0 Å². The van der Waals surface area contributed by atoms with Gasteiger partial charge in [0.1, 0.15) is 0 Å². The van der Waals surface area contributed by atoms with Crippen LogP contribution in [0.25, 0.3) is 5.57 Å². The maximum Gasteiger partial charge on any atom is 0.0698 e. The Morgan fingerprint density at radius 3 is 2.55 bits per heavy atom. The molecular formula is C28H36N2S. The predicted octanol–water partition coefficient (Wildman–Crippen LogP) is 8.00. The summed E-state index contributed by atoms with van der Waals surface area (Å²) in [5, 5.41) is 7.53. The van der Waals surface area contributed by atoms with E-state index in [2.05, 4.69) is 107 Å². The summed E-state index contributed by atoms with van der Waals surface area (Å²) in [5.74, 6) is 0.634. The molecule has 2 nitrogen and oxygen atoms in total. The molecule has 31 heavy (non-hydrogen) atoms. The van der Waals surface area contributed by atoms with Gasteiger partial charge in [0.25, 0.3) is 0 Å². The van der Waals surface area contributed by atoms with Crippen molar-refractivity contribution >= 4 is 17.3 Å². The third-order valence-corrected chi connectivity index (χ3v) is 5.98. The Morgan fingerprint density at radius 2 is 1.94 bits per heavy atom. The zero-order valence-corrected chi connectivity index (χ0v) is 20.5. The lowest BCUT2D eigenvalue weighted by atomic mass is 9.96. The average Bonchev–Trinajstić information content (AvgIpc) is 2.69. The molecule has 1 aliphatic rings. The molecule has 1 atom stereocenters. The molecule has 3 heteroatoms. The Morgan fingerprint density at radius 1 is 1.19 bits per heavy atom. The summed E-state index contributed by atoms with van der Waals surface area (Å²) in [6.45, 7) is 22.7. The number of nitrogens with one attached hydrogen (secondary N) is 2. The number of aryl methyl sites for hydroxylation is 1. The van der Waals surface area contributed by atoms with E-state index in [1.807, 2.05) is 6.92 Å². The van der Waals surface area contributed by atoms with Gasteiger partial charge >= 0.3 is 0 Å². The van der Waals surface area contributed by atoms with E-state index in [0.29, 0.717) is 5.92 Å². The van der Waals surface area contributed by atoms with Crippen LogP contribution in [0.1, 0.15) is 51.7 Å². The Kier molecular flexibility index (Phi) is 9.26. The number of allylic oxidation sites excluding steroid dienone is 9. The Hall–Kier alpha value is -2.65. The van der Waals surface area contributed by atoms with Crippen LogP contribution < -0.4 is 10.6 Å². The zero-order valence-electron chi connectivity index (χ0n) is 19.6. The van der Waals surface area contributed by atoms with Crippen LogP contribution >= 0.6 is 11.8 Å². The second kappa shape index (κ2) is 11.7. The number of hydrogen-bond acceptors (Lipinski definition) is 3. The van der Waals surface area contributed by atoms with Gasteiger partial charge in [-0.1, -0.05) is 74.9 Å². The summed E-state index contributed by atoms with van der Waals surface area (Å²) in [5.41, 5.74) is 7.88. The molecule has 1 aliphatic carbocycles. The Labute approximate surface area is 193 Å². The van der Waals surface area contributed by atoms with Gasteiger partial charge in [-0.15, -0.1) is 0 Å². The number of benzene rings is 1. The predicted molar refractivity (Wildman–Crippen MR) is 139 cm³/mol. The highest BCUT2D eigenvalue weighted by Gasteiger charge is 2.08. The van der Waals surface area contributed by atoms with Gasteiger partial charge in [-0.2, -0.15) is 0 Å². The lowest BCUT2D eigenvalue weighted by Gasteiger charge is -2.16. The molecule has 0 aliphatic heterocycles. The van der Waals surface area contributed by atoms with E-state index in [1.54, 1.807) is 11.8 Å². The van der Waals surface area contributed by atoms with E-state index in [0.717, 1.165) is 35.0 Å². The molecule has 0 bridgehead atoms. The van der Waals surface area contributed by atoms with E-state index in [4.69, 9.17) is 0 Å². The third-order valence-electron chi connectivity index (χ3n) is 4.97. The summed E-state index contributed by atoms with van der Waals surface area (Å²) < 4.78 is 0. The lowest BCUT2D eigenvalue weighted by molar-refractivity contribution is 0.726. The van der Waals surface area contributed by atoms with E-state index < -0.39 is 0 Å². The van der Waals surface area contributed by atoms with E-state index in [-0.39, 0.29) is 0 Å². The molecule has 0 amide bonds. The van der Waals surface area contributed by atoms with Crippen molar-refractivity contribution in [1.29, 1.82) is 0 Å². The largest absolute Gasteiger partial charge is 0.363 e. The van der Waals surface area contributed by atoms with Crippen LogP contribution in [0.3, 0.4) is 0 Å². The summed E-state index contributed by atoms with van der Waals surface area (Å²) in [7, 11) is 0. The quantitative estimate of drug-likeness (QED) is 0.289. The van der Waals surface area contributed by atoms with Crippen molar-refractivity contribution < 1.29 is 0 Å². The molecule has 1 unspecified atom stereocenters. The van der Waals surface area contributed by atoms with Crippen LogP contribution in [-0.2, 0) is 0 Å². The highest BCUT2D eigenvalue weighted by atomic mass is 32.2. The van der Waals surface area contributed by atoms with Crippen LogP contribution in [0.2, 0.25) is 0 Å². The van der Waals surface area contributed by atoms with Crippen LogP contribution in [0.4, 0.5) is 0 Å². The molecule has 0 saturated heterocycles. The van der Waals surface area contributed by atoms with Crippen LogP contribution in [0, 0.1) is 12.8 Å². The molecule has 0 heterocycles. The minimum Gasteiger partial charge on any atom is -0.363 e. The fourth-order valence-electron chi connectivity index (χ4n) is 3.36. The molecule has 2 rings (SSSR count). The summed E-state index contributed by atoms with van der Waals surface area (Å²) in [6, 6.07) is 6.55. The van der Waals surface area contributed by atoms with E-state index in [1.165, 1.54) is 27.2 Å². The third kappa shape index (κ3) is 8.18. The first-order valence-corrected chi connectivity index (χ1v) is 11.6. The molecule has 0 spiro atoms. The minimum atomic E-state index is 0.634. The van der Waals surface area contributed by atoms with Gasteiger partial charge in [0, 0.05) is 28.4 Å². The topological polar surface area (TPSA) is 24.1 Å². The molecule has 164 valence electrons. The molecule has 0 radical (unpaired) electrons. The first-order chi connectivity index (χ1) is 14.7. The molecule has 0 saturated carbocycles. The second-order valence-electron chi connectivity index (χ2n) is 8.24. The van der Waals surface area contributed by atoms with Crippen molar-refractivity contribution in [3.63, 3.8) is 0 Å². The van der Waals surface area contributed by atoms with Gasteiger partial charge in [0.05, 0.1) is 5.03 Å². The Balaban J connectivity index is 2.09. The Bertz CT molecular complexity index is 973. The minimum absolute atomic E-state index is 0.634. The van der Waals surface area contributed by atoms with Gasteiger partial charge in [0.15, 0.2) is 0 Å². The number of thioether (sulfide) groups is 1. The van der Waals surface area contributed by atoms with Crippen LogP contribution in [-0.4, -0.2) is 0 Å². The molecule has 0 fully saturated rings. The molecule has 1 aromatic carbocycles. The smallest absolute Gasteiger partial charge is 0.0698 e. The van der Waals surface area contributed by atoms with Gasteiger partial charge in [0.2, 0.25) is 0 Å². The monoisotopic (exact) mass is 432 g/mol. The second-order valence-corrected chi connectivity index (χ2v) is 9.38. The fourth-order valence-corrected chi connectivity index (χ4v) is 4.27. The van der Waals surface area contributed by atoms with Crippen molar-refractivity contribution in [1.82, 2.24) is 10.6 Å². The van der Waals surface area contributed by atoms with E-state index in [9.17, 15) is 0 Å². The van der Waals surface area contributed by atoms with Gasteiger partial charge in [-0.25, -0.2) is 0 Å². The van der Waals surface area contributed by atoms with Crippen molar-refractivity contribution in [3.8, 4) is 0 Å². The maximum absolute atomic E-state index is 4.22. The average molecular weight is 433 g/mol. The van der Waals surface area contributed by atoms with Crippen molar-refractivity contribution in [3.05, 3.63) is 107 Å². The summed E-state index contributed by atoms with van der Waals surface area (Å²) in [4.78, 5) is 1.18. The number of rotatable bonds is 10. The maximum atomic E-state index is 4.22. The first kappa shape index (κ1) is 24.6. The van der Waals surface area contributed by atoms with Gasteiger partial charge < -0.3 is 10.6 Å². The highest BCUT2D eigenvalue weighted by Crippen LogP contribution is 2.31. The van der Waals surface area contributed by atoms with Crippen molar-refractivity contribution in [2.24, 2.45) is 5.92 Å². The highest BCUT2D eigenvalue weighted by molar-refractivity contribution is 8.03. The summed E-state index contributed by atoms with van der Waals surface area (Å²) >= 11 is 1.63.